The van der Waals surface area contributed by atoms with Gasteiger partial charge in [-0.15, -0.1) is 0 Å². The van der Waals surface area contributed by atoms with E-state index in [0.29, 0.717) is 11.3 Å². The summed E-state index contributed by atoms with van der Waals surface area (Å²) in [5, 5.41) is 0. The van der Waals surface area contributed by atoms with E-state index in [-0.39, 0.29) is 0 Å². The Morgan fingerprint density at radius 1 is 1.44 bits per heavy atom. The number of hydrogen-bond acceptors (Lipinski definition) is 2. The molecule has 2 aromatic rings. The Labute approximate surface area is 115 Å². The van der Waals surface area contributed by atoms with Crippen molar-refractivity contribution in [3.63, 3.8) is 0 Å². The second-order valence-electron chi connectivity index (χ2n) is 5.95. The van der Waals surface area contributed by atoms with Crippen LogP contribution in [0.25, 0.3) is 11.0 Å². The number of rotatable bonds is 1. The number of hydrogen-bond donors (Lipinski definition) is 2. The van der Waals surface area contributed by atoms with E-state index in [2.05, 4.69) is 34.8 Å². The molecule has 0 bridgehead atoms. The lowest BCUT2D eigenvalue weighted by molar-refractivity contribution is 0.324. The molecule has 3 N–H and O–H groups in total. The van der Waals surface area contributed by atoms with Crippen LogP contribution in [-0.2, 0) is 0 Å². The lowest BCUT2D eigenvalue weighted by Gasteiger charge is -2.24. The normalized spacial score (nSPS) is 22.7. The Kier molecular flexibility index (Phi) is 2.66. The largest absolute Gasteiger partial charge is 0.397 e. The van der Waals surface area contributed by atoms with Crippen molar-refractivity contribution in [3.8, 4) is 0 Å². The number of nitrogens with one attached hydrogen (secondary N) is 1. The van der Waals surface area contributed by atoms with Crippen LogP contribution < -0.4 is 5.73 Å². The minimum Gasteiger partial charge on any atom is -0.397 e. The van der Waals surface area contributed by atoms with Crippen molar-refractivity contribution < 1.29 is 0 Å². The molecular formula is C14H18BrN3. The minimum atomic E-state index is 0.333. The van der Waals surface area contributed by atoms with Gasteiger partial charge in [-0.25, -0.2) is 4.98 Å². The van der Waals surface area contributed by atoms with Crippen molar-refractivity contribution in [1.29, 1.82) is 0 Å². The highest BCUT2D eigenvalue weighted by Crippen LogP contribution is 2.48. The lowest BCUT2D eigenvalue weighted by Crippen LogP contribution is -2.16. The van der Waals surface area contributed by atoms with Crippen LogP contribution >= 0.6 is 15.9 Å². The zero-order valence-corrected chi connectivity index (χ0v) is 12.3. The molecule has 1 aromatic carbocycles. The van der Waals surface area contributed by atoms with Crippen molar-refractivity contribution in [2.75, 3.05) is 5.73 Å². The maximum atomic E-state index is 6.02. The molecule has 0 saturated heterocycles. The summed E-state index contributed by atoms with van der Waals surface area (Å²) in [5.41, 5.74) is 9.02. The highest BCUT2D eigenvalue weighted by molar-refractivity contribution is 9.10. The van der Waals surface area contributed by atoms with Crippen molar-refractivity contribution in [2.45, 2.75) is 39.0 Å². The minimum absolute atomic E-state index is 0.333. The number of anilines is 1. The molecule has 0 amide bonds. The van der Waals surface area contributed by atoms with E-state index in [1.54, 1.807) is 0 Å². The number of aromatic nitrogens is 2. The van der Waals surface area contributed by atoms with Gasteiger partial charge >= 0.3 is 0 Å². The first-order chi connectivity index (χ1) is 8.47. The standard InChI is InChI=1S/C14H18BrN3/c1-14(2)5-3-4-9(14)13-17-11-7-8(15)6-10(16)12(11)18-13/h6-7,9H,3-5,16H2,1-2H3,(H,17,18). The summed E-state index contributed by atoms with van der Waals surface area (Å²) in [4.78, 5) is 8.18. The van der Waals surface area contributed by atoms with E-state index in [1.165, 1.54) is 19.3 Å². The Hall–Kier alpha value is -1.03. The fraction of sp³-hybridized carbons (Fsp3) is 0.500. The lowest BCUT2D eigenvalue weighted by atomic mass is 9.81. The van der Waals surface area contributed by atoms with Crippen LogP contribution in [0.15, 0.2) is 16.6 Å². The maximum absolute atomic E-state index is 6.02. The van der Waals surface area contributed by atoms with Gasteiger partial charge in [-0.1, -0.05) is 36.2 Å². The van der Waals surface area contributed by atoms with Gasteiger partial charge in [0.1, 0.15) is 11.3 Å². The monoisotopic (exact) mass is 307 g/mol. The molecule has 1 aliphatic carbocycles. The van der Waals surface area contributed by atoms with Gasteiger partial charge in [-0.05, 0) is 30.4 Å². The van der Waals surface area contributed by atoms with E-state index in [0.717, 1.165) is 27.0 Å². The Morgan fingerprint density at radius 3 is 2.89 bits per heavy atom. The molecule has 3 rings (SSSR count). The van der Waals surface area contributed by atoms with E-state index < -0.39 is 0 Å². The summed E-state index contributed by atoms with van der Waals surface area (Å²) >= 11 is 3.47. The highest BCUT2D eigenvalue weighted by Gasteiger charge is 2.37. The van der Waals surface area contributed by atoms with Gasteiger partial charge in [-0.3, -0.25) is 0 Å². The molecule has 1 aromatic heterocycles. The van der Waals surface area contributed by atoms with Crippen LogP contribution in [0.4, 0.5) is 5.69 Å². The predicted molar refractivity (Wildman–Crippen MR) is 78.6 cm³/mol. The first kappa shape index (κ1) is 12.0. The van der Waals surface area contributed by atoms with Gasteiger partial charge in [0.25, 0.3) is 0 Å². The molecule has 1 saturated carbocycles. The second-order valence-corrected chi connectivity index (χ2v) is 6.86. The topological polar surface area (TPSA) is 54.7 Å². The first-order valence-electron chi connectivity index (χ1n) is 6.42. The number of fused-ring (bicyclic) bond motifs is 1. The van der Waals surface area contributed by atoms with Crippen LogP contribution in [-0.4, -0.2) is 9.97 Å². The molecule has 1 heterocycles. The third-order valence-electron chi connectivity index (χ3n) is 4.19. The Bertz CT molecular complexity index is 600. The summed E-state index contributed by atoms with van der Waals surface area (Å²) in [6, 6.07) is 3.96. The summed E-state index contributed by atoms with van der Waals surface area (Å²) < 4.78 is 0.994. The third-order valence-corrected chi connectivity index (χ3v) is 4.64. The fourth-order valence-corrected chi connectivity index (χ4v) is 3.60. The summed E-state index contributed by atoms with van der Waals surface area (Å²) in [7, 11) is 0. The fourth-order valence-electron chi connectivity index (χ4n) is 3.13. The molecule has 0 aliphatic heterocycles. The number of benzene rings is 1. The van der Waals surface area contributed by atoms with E-state index in [1.807, 2.05) is 12.1 Å². The molecule has 0 spiro atoms. The molecule has 0 radical (unpaired) electrons. The maximum Gasteiger partial charge on any atom is 0.112 e. The zero-order valence-electron chi connectivity index (χ0n) is 10.8. The molecule has 3 nitrogen and oxygen atoms in total. The van der Waals surface area contributed by atoms with E-state index >= 15 is 0 Å². The smallest absolute Gasteiger partial charge is 0.112 e. The van der Waals surface area contributed by atoms with Gasteiger partial charge < -0.3 is 10.7 Å². The van der Waals surface area contributed by atoms with Gasteiger partial charge in [-0.2, -0.15) is 0 Å². The molecule has 1 fully saturated rings. The predicted octanol–water partition coefficient (Wildman–Crippen LogP) is 4.20. The quantitative estimate of drug-likeness (QED) is 0.776. The Balaban J connectivity index is 2.11. The van der Waals surface area contributed by atoms with Crippen LogP contribution in [0, 0.1) is 5.41 Å². The van der Waals surface area contributed by atoms with E-state index in [9.17, 15) is 0 Å². The van der Waals surface area contributed by atoms with Crippen molar-refractivity contribution >= 4 is 32.7 Å². The van der Waals surface area contributed by atoms with Crippen LogP contribution in [0.5, 0.6) is 0 Å². The highest BCUT2D eigenvalue weighted by atomic mass is 79.9. The van der Waals surface area contributed by atoms with Crippen molar-refractivity contribution in [3.05, 3.63) is 22.4 Å². The van der Waals surface area contributed by atoms with Gasteiger partial charge in [0.2, 0.25) is 0 Å². The number of aromatic amines is 1. The molecule has 1 unspecified atom stereocenters. The summed E-state index contributed by atoms with van der Waals surface area (Å²) in [6.45, 7) is 4.66. The average molecular weight is 308 g/mol. The Morgan fingerprint density at radius 2 is 2.22 bits per heavy atom. The summed E-state index contributed by atoms with van der Waals surface area (Å²) in [6.07, 6.45) is 3.77. The van der Waals surface area contributed by atoms with Crippen LogP contribution in [0.1, 0.15) is 44.9 Å². The van der Waals surface area contributed by atoms with Gasteiger partial charge in [0, 0.05) is 10.4 Å². The van der Waals surface area contributed by atoms with Crippen LogP contribution in [0.2, 0.25) is 0 Å². The number of halogens is 1. The number of H-pyrrole nitrogens is 1. The number of nitrogen functional groups attached to an aromatic ring is 1. The average Bonchev–Trinajstić information content (AvgIpc) is 2.80. The third kappa shape index (κ3) is 1.83. The zero-order chi connectivity index (χ0) is 12.9. The molecular weight excluding hydrogens is 290 g/mol. The molecule has 1 atom stereocenters. The SMILES string of the molecule is CC1(C)CCCC1c1nc2c(N)cc(Br)cc2[nH]1. The van der Waals surface area contributed by atoms with Gasteiger partial charge in [0.05, 0.1) is 11.2 Å². The molecule has 1 aliphatic rings. The first-order valence-corrected chi connectivity index (χ1v) is 7.21. The van der Waals surface area contributed by atoms with Crippen molar-refractivity contribution in [2.24, 2.45) is 5.41 Å². The van der Waals surface area contributed by atoms with E-state index in [4.69, 9.17) is 10.7 Å². The molecule has 96 valence electrons. The second kappa shape index (κ2) is 3.98. The van der Waals surface area contributed by atoms with Gasteiger partial charge in [0.15, 0.2) is 0 Å². The summed E-state index contributed by atoms with van der Waals surface area (Å²) in [5.74, 6) is 1.61. The van der Waals surface area contributed by atoms with Crippen molar-refractivity contribution in [1.82, 2.24) is 9.97 Å². The molecule has 18 heavy (non-hydrogen) atoms. The number of nitrogens with zero attached hydrogens (tertiary/aromatic N) is 1. The number of nitrogens with two attached hydrogens (primary N) is 1. The molecule has 4 heteroatoms. The van der Waals surface area contributed by atoms with Crippen LogP contribution in [0.3, 0.4) is 0 Å². The number of imidazole rings is 1.